The Morgan fingerprint density at radius 2 is 2.20 bits per heavy atom. The molecule has 0 aliphatic heterocycles. The van der Waals surface area contributed by atoms with Gasteiger partial charge in [0.1, 0.15) is 5.82 Å². The van der Waals surface area contributed by atoms with Crippen LogP contribution in [0.1, 0.15) is 39.4 Å². The van der Waals surface area contributed by atoms with E-state index in [-0.39, 0.29) is 12.1 Å². The lowest BCUT2D eigenvalue weighted by Gasteiger charge is -2.13. The number of anilines is 1. The third kappa shape index (κ3) is 4.57. The van der Waals surface area contributed by atoms with E-state index in [1.54, 1.807) is 6.92 Å². The molecular weight excluding hydrogens is 210 g/mol. The van der Waals surface area contributed by atoms with Crippen LogP contribution < -0.4 is 5.32 Å². The van der Waals surface area contributed by atoms with Crippen LogP contribution in [0.15, 0.2) is 0 Å². The Hall–Kier alpha value is -0.680. The normalized spacial score (nSPS) is 14.9. The van der Waals surface area contributed by atoms with Crippen LogP contribution in [-0.2, 0) is 6.42 Å². The minimum atomic E-state index is -0.282. The topological polar surface area (TPSA) is 58.0 Å². The van der Waals surface area contributed by atoms with E-state index in [0.29, 0.717) is 0 Å². The van der Waals surface area contributed by atoms with Crippen molar-refractivity contribution in [2.24, 2.45) is 0 Å². The highest BCUT2D eigenvalue weighted by atomic mass is 32.1. The fourth-order valence-electron chi connectivity index (χ4n) is 1.42. The zero-order valence-corrected chi connectivity index (χ0v) is 10.3. The highest BCUT2D eigenvalue weighted by molar-refractivity contribution is 7.09. The van der Waals surface area contributed by atoms with E-state index in [2.05, 4.69) is 21.6 Å². The van der Waals surface area contributed by atoms with Crippen LogP contribution in [0.2, 0.25) is 0 Å². The van der Waals surface area contributed by atoms with Gasteiger partial charge in [-0.1, -0.05) is 6.92 Å². The zero-order chi connectivity index (χ0) is 11.3. The van der Waals surface area contributed by atoms with E-state index in [1.807, 2.05) is 6.92 Å². The number of aromatic nitrogens is 2. The highest BCUT2D eigenvalue weighted by Gasteiger charge is 2.09. The molecule has 0 saturated heterocycles. The average Bonchev–Trinajstić information content (AvgIpc) is 2.51. The Bertz CT molecular complexity index is 288. The molecule has 86 valence electrons. The predicted octanol–water partition coefficient (Wildman–Crippen LogP) is 2.06. The van der Waals surface area contributed by atoms with Crippen LogP contribution >= 0.6 is 11.5 Å². The average molecular weight is 229 g/mol. The van der Waals surface area contributed by atoms with Crippen molar-refractivity contribution >= 4 is 16.7 Å². The largest absolute Gasteiger partial charge is 0.393 e. The molecule has 0 saturated carbocycles. The van der Waals surface area contributed by atoms with Gasteiger partial charge in [-0.3, -0.25) is 0 Å². The molecular formula is C10H19N3OS. The summed E-state index contributed by atoms with van der Waals surface area (Å²) in [7, 11) is 0. The van der Waals surface area contributed by atoms with Crippen molar-refractivity contribution in [2.75, 3.05) is 5.32 Å². The third-order valence-electron chi connectivity index (χ3n) is 2.01. The molecule has 0 amide bonds. The maximum atomic E-state index is 9.22. The summed E-state index contributed by atoms with van der Waals surface area (Å²) >= 11 is 1.39. The lowest BCUT2D eigenvalue weighted by Crippen LogP contribution is -2.20. The molecule has 4 nitrogen and oxygen atoms in total. The van der Waals surface area contributed by atoms with E-state index < -0.39 is 0 Å². The van der Waals surface area contributed by atoms with Gasteiger partial charge in [-0.15, -0.1) is 0 Å². The van der Waals surface area contributed by atoms with E-state index in [1.165, 1.54) is 11.5 Å². The predicted molar refractivity (Wildman–Crippen MR) is 63.3 cm³/mol. The van der Waals surface area contributed by atoms with Crippen LogP contribution in [0.5, 0.6) is 0 Å². The van der Waals surface area contributed by atoms with Gasteiger partial charge in [0.25, 0.3) is 0 Å². The van der Waals surface area contributed by atoms with Gasteiger partial charge in [-0.25, -0.2) is 4.98 Å². The van der Waals surface area contributed by atoms with Crippen LogP contribution in [0.25, 0.3) is 0 Å². The number of nitrogens with one attached hydrogen (secondary N) is 1. The Labute approximate surface area is 94.9 Å². The molecule has 2 atom stereocenters. The maximum absolute atomic E-state index is 9.22. The number of hydrogen-bond donors (Lipinski definition) is 2. The second-order valence-corrected chi connectivity index (χ2v) is 4.65. The van der Waals surface area contributed by atoms with Crippen molar-refractivity contribution in [2.45, 2.75) is 52.2 Å². The second-order valence-electron chi connectivity index (χ2n) is 3.90. The molecule has 0 aliphatic rings. The monoisotopic (exact) mass is 229 g/mol. The Morgan fingerprint density at radius 3 is 2.80 bits per heavy atom. The molecule has 15 heavy (non-hydrogen) atoms. The van der Waals surface area contributed by atoms with Gasteiger partial charge >= 0.3 is 0 Å². The Morgan fingerprint density at radius 1 is 1.47 bits per heavy atom. The first kappa shape index (κ1) is 12.4. The molecule has 1 aromatic heterocycles. The molecule has 1 rings (SSSR count). The third-order valence-corrected chi connectivity index (χ3v) is 2.69. The summed E-state index contributed by atoms with van der Waals surface area (Å²) in [6, 6.07) is 0.229. The first-order valence-corrected chi connectivity index (χ1v) is 6.16. The minimum absolute atomic E-state index is 0.229. The summed E-state index contributed by atoms with van der Waals surface area (Å²) in [5.41, 5.74) is 0. The summed E-state index contributed by atoms with van der Waals surface area (Å²) < 4.78 is 4.24. The summed E-state index contributed by atoms with van der Waals surface area (Å²) in [4.78, 5) is 4.36. The fraction of sp³-hybridized carbons (Fsp3) is 0.800. The van der Waals surface area contributed by atoms with E-state index in [0.717, 1.165) is 30.2 Å². The molecule has 2 unspecified atom stereocenters. The SMILES string of the molecule is CCCc1nsc(NC(C)CC(C)O)n1. The van der Waals surface area contributed by atoms with Gasteiger partial charge in [0.15, 0.2) is 0 Å². The molecule has 5 heteroatoms. The second kappa shape index (κ2) is 6.02. The Kier molecular flexibility index (Phi) is 4.98. The fourth-order valence-corrected chi connectivity index (χ4v) is 2.14. The summed E-state index contributed by atoms with van der Waals surface area (Å²) in [5.74, 6) is 0.911. The smallest absolute Gasteiger partial charge is 0.202 e. The van der Waals surface area contributed by atoms with Crippen LogP contribution in [0.4, 0.5) is 5.13 Å². The van der Waals surface area contributed by atoms with Gasteiger partial charge in [-0.2, -0.15) is 4.37 Å². The van der Waals surface area contributed by atoms with E-state index >= 15 is 0 Å². The minimum Gasteiger partial charge on any atom is -0.393 e. The Balaban J connectivity index is 2.42. The van der Waals surface area contributed by atoms with Crippen molar-refractivity contribution in [3.63, 3.8) is 0 Å². The number of aliphatic hydroxyl groups is 1. The van der Waals surface area contributed by atoms with Crippen molar-refractivity contribution in [1.82, 2.24) is 9.36 Å². The van der Waals surface area contributed by atoms with Crippen molar-refractivity contribution in [1.29, 1.82) is 0 Å². The first-order chi connectivity index (χ1) is 7.11. The quantitative estimate of drug-likeness (QED) is 0.784. The van der Waals surface area contributed by atoms with E-state index in [4.69, 9.17) is 0 Å². The van der Waals surface area contributed by atoms with Crippen LogP contribution in [0.3, 0.4) is 0 Å². The number of nitrogens with zero attached hydrogens (tertiary/aromatic N) is 2. The molecule has 0 fully saturated rings. The molecule has 0 bridgehead atoms. The van der Waals surface area contributed by atoms with Gasteiger partial charge in [0.05, 0.1) is 6.10 Å². The number of hydrogen-bond acceptors (Lipinski definition) is 5. The molecule has 2 N–H and O–H groups in total. The van der Waals surface area contributed by atoms with Gasteiger partial charge in [0.2, 0.25) is 5.13 Å². The van der Waals surface area contributed by atoms with Gasteiger partial charge in [0, 0.05) is 24.0 Å². The van der Waals surface area contributed by atoms with Crippen molar-refractivity contribution in [3.8, 4) is 0 Å². The maximum Gasteiger partial charge on any atom is 0.202 e. The summed E-state index contributed by atoms with van der Waals surface area (Å²) in [6.45, 7) is 5.94. The highest BCUT2D eigenvalue weighted by Crippen LogP contribution is 2.14. The van der Waals surface area contributed by atoms with Crippen LogP contribution in [-0.4, -0.2) is 26.6 Å². The molecule has 0 radical (unpaired) electrons. The standard InChI is InChI=1S/C10H19N3OS/c1-4-5-9-12-10(15-13-9)11-7(2)6-8(3)14/h7-8,14H,4-6H2,1-3H3,(H,11,12,13). The lowest BCUT2D eigenvalue weighted by atomic mass is 10.2. The summed E-state index contributed by atoms with van der Waals surface area (Å²) in [5, 5.41) is 13.3. The molecule has 1 heterocycles. The molecule has 0 aliphatic carbocycles. The van der Waals surface area contributed by atoms with Gasteiger partial charge < -0.3 is 10.4 Å². The number of rotatable bonds is 6. The number of aryl methyl sites for hydroxylation is 1. The van der Waals surface area contributed by atoms with Crippen molar-refractivity contribution < 1.29 is 5.11 Å². The molecule has 0 aromatic carbocycles. The lowest BCUT2D eigenvalue weighted by molar-refractivity contribution is 0.179. The van der Waals surface area contributed by atoms with Gasteiger partial charge in [-0.05, 0) is 26.7 Å². The van der Waals surface area contributed by atoms with Crippen molar-refractivity contribution in [3.05, 3.63) is 5.82 Å². The summed E-state index contributed by atoms with van der Waals surface area (Å²) in [6.07, 6.45) is 2.45. The first-order valence-electron chi connectivity index (χ1n) is 5.39. The molecule has 0 spiro atoms. The number of aliphatic hydroxyl groups excluding tert-OH is 1. The zero-order valence-electron chi connectivity index (χ0n) is 9.53. The molecule has 1 aromatic rings. The van der Waals surface area contributed by atoms with Crippen LogP contribution in [0, 0.1) is 0 Å². The van der Waals surface area contributed by atoms with E-state index in [9.17, 15) is 5.11 Å².